The van der Waals surface area contributed by atoms with Crippen LogP contribution in [0.1, 0.15) is 51.8 Å². The summed E-state index contributed by atoms with van der Waals surface area (Å²) in [5.74, 6) is 2.13. The second kappa shape index (κ2) is 6.01. The molecule has 2 heterocycles. The minimum atomic E-state index is 0.154. The van der Waals surface area contributed by atoms with Gasteiger partial charge in [0.1, 0.15) is 5.82 Å². The highest BCUT2D eigenvalue weighted by molar-refractivity contribution is 5.08. The van der Waals surface area contributed by atoms with E-state index in [0.717, 1.165) is 50.8 Å². The molecule has 0 spiro atoms. The summed E-state index contributed by atoms with van der Waals surface area (Å²) in [6.07, 6.45) is 1.91. The SMILES string of the molecule is CCCOCCc1nnc2n1CCNC2C(C)(C)C. The molecular weight excluding hydrogens is 240 g/mol. The lowest BCUT2D eigenvalue weighted by atomic mass is 9.85. The number of nitrogens with zero attached hydrogens (tertiary/aromatic N) is 3. The zero-order valence-electron chi connectivity index (χ0n) is 12.6. The summed E-state index contributed by atoms with van der Waals surface area (Å²) in [5.41, 5.74) is 0.154. The molecule has 2 rings (SSSR count). The molecule has 1 atom stereocenters. The van der Waals surface area contributed by atoms with Crippen molar-refractivity contribution in [2.45, 2.75) is 53.1 Å². The quantitative estimate of drug-likeness (QED) is 0.828. The first-order chi connectivity index (χ1) is 9.04. The smallest absolute Gasteiger partial charge is 0.150 e. The molecule has 0 aliphatic carbocycles. The number of hydrogen-bond donors (Lipinski definition) is 1. The number of aromatic nitrogens is 3. The lowest BCUT2D eigenvalue weighted by molar-refractivity contribution is 0.135. The monoisotopic (exact) mass is 266 g/mol. The van der Waals surface area contributed by atoms with Crippen molar-refractivity contribution in [3.05, 3.63) is 11.6 Å². The molecule has 0 amide bonds. The maximum atomic E-state index is 5.54. The van der Waals surface area contributed by atoms with Crippen LogP contribution in [0.2, 0.25) is 0 Å². The molecular formula is C14H26N4O. The third-order valence-electron chi connectivity index (χ3n) is 3.48. The van der Waals surface area contributed by atoms with Gasteiger partial charge < -0.3 is 14.6 Å². The minimum absolute atomic E-state index is 0.154. The highest BCUT2D eigenvalue weighted by atomic mass is 16.5. The molecule has 108 valence electrons. The van der Waals surface area contributed by atoms with Crippen molar-refractivity contribution in [1.29, 1.82) is 0 Å². The molecule has 0 radical (unpaired) electrons. The van der Waals surface area contributed by atoms with Crippen molar-refractivity contribution in [1.82, 2.24) is 20.1 Å². The van der Waals surface area contributed by atoms with Crippen LogP contribution in [0.3, 0.4) is 0 Å². The molecule has 1 N–H and O–H groups in total. The Hall–Kier alpha value is -0.940. The van der Waals surface area contributed by atoms with Gasteiger partial charge in [-0.15, -0.1) is 10.2 Å². The van der Waals surface area contributed by atoms with Gasteiger partial charge in [0.2, 0.25) is 0 Å². The fourth-order valence-electron chi connectivity index (χ4n) is 2.51. The summed E-state index contributed by atoms with van der Waals surface area (Å²) in [7, 11) is 0. The number of hydrogen-bond acceptors (Lipinski definition) is 4. The first kappa shape index (κ1) is 14.5. The molecule has 1 unspecified atom stereocenters. The molecule has 5 nitrogen and oxygen atoms in total. The summed E-state index contributed by atoms with van der Waals surface area (Å²) < 4.78 is 7.81. The van der Waals surface area contributed by atoms with E-state index in [0.29, 0.717) is 0 Å². The van der Waals surface area contributed by atoms with Crippen LogP contribution in [0.25, 0.3) is 0 Å². The van der Waals surface area contributed by atoms with Crippen molar-refractivity contribution < 1.29 is 4.74 Å². The van der Waals surface area contributed by atoms with Gasteiger partial charge in [0.25, 0.3) is 0 Å². The molecule has 0 fully saturated rings. The molecule has 0 saturated heterocycles. The predicted molar refractivity (Wildman–Crippen MR) is 75.0 cm³/mol. The lowest BCUT2D eigenvalue weighted by Crippen LogP contribution is -2.41. The Morgan fingerprint density at radius 3 is 2.79 bits per heavy atom. The van der Waals surface area contributed by atoms with Crippen molar-refractivity contribution >= 4 is 0 Å². The van der Waals surface area contributed by atoms with Crippen molar-refractivity contribution in [3.63, 3.8) is 0 Å². The molecule has 1 aliphatic heterocycles. The van der Waals surface area contributed by atoms with E-state index in [1.807, 2.05) is 0 Å². The predicted octanol–water partition coefficient (Wildman–Crippen LogP) is 1.94. The van der Waals surface area contributed by atoms with Crippen LogP contribution in [0.15, 0.2) is 0 Å². The summed E-state index contributed by atoms with van der Waals surface area (Å²) in [6, 6.07) is 0.277. The zero-order valence-corrected chi connectivity index (χ0v) is 12.6. The molecule has 5 heteroatoms. The van der Waals surface area contributed by atoms with Gasteiger partial charge >= 0.3 is 0 Å². The van der Waals surface area contributed by atoms with Crippen LogP contribution in [0, 0.1) is 5.41 Å². The van der Waals surface area contributed by atoms with E-state index in [-0.39, 0.29) is 11.5 Å². The molecule has 0 aromatic carbocycles. The van der Waals surface area contributed by atoms with Crippen LogP contribution in [0.4, 0.5) is 0 Å². The fraction of sp³-hybridized carbons (Fsp3) is 0.857. The summed E-state index contributed by atoms with van der Waals surface area (Å²) in [4.78, 5) is 0. The molecule has 0 bridgehead atoms. The normalized spacial score (nSPS) is 19.5. The van der Waals surface area contributed by atoms with Crippen LogP contribution >= 0.6 is 0 Å². The molecule has 1 aromatic rings. The Kier molecular flexibility index (Phi) is 4.58. The second-order valence-corrected chi connectivity index (χ2v) is 6.24. The molecule has 1 aliphatic rings. The van der Waals surface area contributed by atoms with Crippen molar-refractivity contribution in [2.24, 2.45) is 5.41 Å². The van der Waals surface area contributed by atoms with Crippen LogP contribution in [-0.2, 0) is 17.7 Å². The maximum Gasteiger partial charge on any atom is 0.150 e. The van der Waals surface area contributed by atoms with Gasteiger partial charge in [-0.05, 0) is 11.8 Å². The maximum absolute atomic E-state index is 5.54. The van der Waals surface area contributed by atoms with Gasteiger partial charge in [-0.1, -0.05) is 27.7 Å². The molecule has 0 saturated carbocycles. The van der Waals surface area contributed by atoms with Crippen molar-refractivity contribution in [2.75, 3.05) is 19.8 Å². The Bertz CT molecular complexity index is 408. The summed E-state index contributed by atoms with van der Waals surface area (Å²) in [5, 5.41) is 12.3. The Morgan fingerprint density at radius 1 is 1.32 bits per heavy atom. The molecule has 1 aromatic heterocycles. The Labute approximate surface area is 115 Å². The average molecular weight is 266 g/mol. The number of rotatable bonds is 5. The van der Waals surface area contributed by atoms with E-state index in [1.165, 1.54) is 0 Å². The third-order valence-corrected chi connectivity index (χ3v) is 3.48. The van der Waals surface area contributed by atoms with Crippen LogP contribution < -0.4 is 5.32 Å². The highest BCUT2D eigenvalue weighted by Crippen LogP contribution is 2.33. The van der Waals surface area contributed by atoms with Gasteiger partial charge in [0.15, 0.2) is 5.82 Å². The van der Waals surface area contributed by atoms with E-state index in [1.54, 1.807) is 0 Å². The lowest BCUT2D eigenvalue weighted by Gasteiger charge is -2.34. The van der Waals surface area contributed by atoms with Gasteiger partial charge in [-0.3, -0.25) is 0 Å². The Balaban J connectivity index is 2.07. The first-order valence-corrected chi connectivity index (χ1v) is 7.27. The van der Waals surface area contributed by atoms with Crippen LogP contribution in [0.5, 0.6) is 0 Å². The van der Waals surface area contributed by atoms with E-state index < -0.39 is 0 Å². The first-order valence-electron chi connectivity index (χ1n) is 7.27. The summed E-state index contributed by atoms with van der Waals surface area (Å²) in [6.45, 7) is 12.3. The van der Waals surface area contributed by atoms with E-state index >= 15 is 0 Å². The molecule has 19 heavy (non-hydrogen) atoms. The van der Waals surface area contributed by atoms with E-state index in [4.69, 9.17) is 4.74 Å². The van der Waals surface area contributed by atoms with Crippen molar-refractivity contribution in [3.8, 4) is 0 Å². The number of nitrogens with one attached hydrogen (secondary N) is 1. The van der Waals surface area contributed by atoms with Gasteiger partial charge in [0, 0.05) is 26.1 Å². The minimum Gasteiger partial charge on any atom is -0.381 e. The standard InChI is InChI=1S/C14H26N4O/c1-5-9-19-10-6-11-16-17-13-12(14(2,3)4)15-7-8-18(11)13/h12,15H,5-10H2,1-4H3. The highest BCUT2D eigenvalue weighted by Gasteiger charge is 2.33. The topological polar surface area (TPSA) is 52.0 Å². The second-order valence-electron chi connectivity index (χ2n) is 6.24. The van der Waals surface area contributed by atoms with Gasteiger partial charge in [-0.2, -0.15) is 0 Å². The third kappa shape index (κ3) is 3.34. The average Bonchev–Trinajstić information content (AvgIpc) is 2.76. The van der Waals surface area contributed by atoms with Gasteiger partial charge in [-0.25, -0.2) is 0 Å². The fourth-order valence-corrected chi connectivity index (χ4v) is 2.51. The van der Waals surface area contributed by atoms with E-state index in [2.05, 4.69) is 47.8 Å². The zero-order chi connectivity index (χ0) is 13.9. The van der Waals surface area contributed by atoms with Crippen LogP contribution in [-0.4, -0.2) is 34.5 Å². The Morgan fingerprint density at radius 2 is 2.11 bits per heavy atom. The van der Waals surface area contributed by atoms with Gasteiger partial charge in [0.05, 0.1) is 12.6 Å². The number of fused-ring (bicyclic) bond motifs is 1. The largest absolute Gasteiger partial charge is 0.381 e. The van der Waals surface area contributed by atoms with E-state index in [9.17, 15) is 0 Å². The summed E-state index contributed by atoms with van der Waals surface area (Å²) >= 11 is 0. The number of ether oxygens (including phenoxy) is 1.